The van der Waals surface area contributed by atoms with Crippen LogP contribution in [0.3, 0.4) is 0 Å². The number of aromatic amines is 1. The van der Waals surface area contributed by atoms with Crippen molar-refractivity contribution in [3.05, 3.63) is 18.0 Å². The van der Waals surface area contributed by atoms with Crippen molar-refractivity contribution >= 4 is 5.91 Å². The molecule has 1 aliphatic heterocycles. The second-order valence-corrected chi connectivity index (χ2v) is 4.22. The molecule has 1 aromatic rings. The van der Waals surface area contributed by atoms with Crippen LogP contribution in [0, 0.1) is 0 Å². The fraction of sp³-hybridized carbons (Fsp3) is 0.636. The maximum Gasteiger partial charge on any atom is 0.239 e. The third-order valence-electron chi connectivity index (χ3n) is 2.95. The Morgan fingerprint density at radius 2 is 2.38 bits per heavy atom. The average molecular weight is 222 g/mol. The Bertz CT molecular complexity index is 330. The van der Waals surface area contributed by atoms with Crippen LogP contribution in [0.1, 0.15) is 25.5 Å². The number of rotatable bonds is 4. The summed E-state index contributed by atoms with van der Waals surface area (Å²) in [6, 6.07) is 1.78. The van der Waals surface area contributed by atoms with Crippen LogP contribution >= 0.6 is 0 Å². The van der Waals surface area contributed by atoms with E-state index in [1.165, 1.54) is 0 Å². The van der Waals surface area contributed by atoms with Gasteiger partial charge in [0.15, 0.2) is 0 Å². The molecule has 2 heterocycles. The molecule has 1 aliphatic rings. The maximum absolute atomic E-state index is 11.9. The minimum Gasteiger partial charge on any atom is -0.341 e. The van der Waals surface area contributed by atoms with Crippen molar-refractivity contribution in [2.75, 3.05) is 13.1 Å². The largest absolute Gasteiger partial charge is 0.341 e. The molecule has 1 atom stereocenters. The van der Waals surface area contributed by atoms with E-state index in [4.69, 9.17) is 0 Å². The Morgan fingerprint density at radius 3 is 3.00 bits per heavy atom. The highest BCUT2D eigenvalue weighted by atomic mass is 16.2. The van der Waals surface area contributed by atoms with Gasteiger partial charge >= 0.3 is 0 Å². The van der Waals surface area contributed by atoms with Gasteiger partial charge in [0.1, 0.15) is 0 Å². The van der Waals surface area contributed by atoms with Gasteiger partial charge in [-0.25, -0.2) is 0 Å². The lowest BCUT2D eigenvalue weighted by Crippen LogP contribution is -2.43. The number of hydrogen-bond acceptors (Lipinski definition) is 3. The zero-order valence-corrected chi connectivity index (χ0v) is 9.57. The minimum absolute atomic E-state index is 0.124. The number of aromatic nitrogens is 2. The van der Waals surface area contributed by atoms with E-state index in [1.807, 2.05) is 17.9 Å². The molecule has 1 saturated heterocycles. The molecular weight excluding hydrogens is 204 g/mol. The second-order valence-electron chi connectivity index (χ2n) is 4.22. The fourth-order valence-electron chi connectivity index (χ4n) is 1.94. The maximum atomic E-state index is 11.9. The number of carbonyl (C=O) groups is 1. The summed E-state index contributed by atoms with van der Waals surface area (Å²) in [6.07, 6.45) is 3.99. The smallest absolute Gasteiger partial charge is 0.239 e. The summed E-state index contributed by atoms with van der Waals surface area (Å²) in [5.74, 6) is 0.206. The molecule has 1 amide bonds. The predicted molar refractivity (Wildman–Crippen MR) is 60.7 cm³/mol. The lowest BCUT2D eigenvalue weighted by molar-refractivity contribution is -0.131. The molecule has 0 bridgehead atoms. The quantitative estimate of drug-likeness (QED) is 0.780. The highest BCUT2D eigenvalue weighted by Crippen LogP contribution is 2.09. The van der Waals surface area contributed by atoms with E-state index in [9.17, 15) is 4.79 Å². The van der Waals surface area contributed by atoms with Crippen LogP contribution in [0.25, 0.3) is 0 Å². The van der Waals surface area contributed by atoms with Gasteiger partial charge < -0.3 is 10.2 Å². The fourth-order valence-corrected chi connectivity index (χ4v) is 1.94. The number of hydrogen-bond donors (Lipinski definition) is 2. The number of nitrogens with zero attached hydrogens (tertiary/aromatic N) is 2. The summed E-state index contributed by atoms with van der Waals surface area (Å²) in [5, 5.41) is 9.92. The van der Waals surface area contributed by atoms with Gasteiger partial charge in [0.05, 0.1) is 6.04 Å². The molecule has 1 fully saturated rings. The lowest BCUT2D eigenvalue weighted by Gasteiger charge is -2.20. The van der Waals surface area contributed by atoms with Crippen molar-refractivity contribution in [2.24, 2.45) is 0 Å². The van der Waals surface area contributed by atoms with Gasteiger partial charge in [-0.1, -0.05) is 0 Å². The molecule has 1 aromatic heterocycles. The Kier molecular flexibility index (Phi) is 3.56. The van der Waals surface area contributed by atoms with Gasteiger partial charge in [-0.15, -0.1) is 0 Å². The number of amides is 1. The molecule has 2 rings (SSSR count). The standard InChI is InChI=1S/C11H18N4O/c1-9(11(16)15-6-2-3-7-15)12-8-10-4-5-13-14-10/h4-5,9,12H,2-3,6-8H2,1H3,(H,13,14). The van der Waals surface area contributed by atoms with Crippen molar-refractivity contribution in [2.45, 2.75) is 32.4 Å². The summed E-state index contributed by atoms with van der Waals surface area (Å²) >= 11 is 0. The van der Waals surface area contributed by atoms with E-state index in [-0.39, 0.29) is 11.9 Å². The van der Waals surface area contributed by atoms with Crippen LogP contribution in [0.2, 0.25) is 0 Å². The van der Waals surface area contributed by atoms with Crippen molar-refractivity contribution in [3.63, 3.8) is 0 Å². The highest BCUT2D eigenvalue weighted by Gasteiger charge is 2.22. The van der Waals surface area contributed by atoms with Gasteiger partial charge in [-0.05, 0) is 25.8 Å². The third kappa shape index (κ3) is 2.61. The van der Waals surface area contributed by atoms with Crippen LogP contribution in [-0.2, 0) is 11.3 Å². The highest BCUT2D eigenvalue weighted by molar-refractivity contribution is 5.81. The molecule has 88 valence electrons. The number of carbonyl (C=O) groups excluding carboxylic acids is 1. The van der Waals surface area contributed by atoms with E-state index in [1.54, 1.807) is 6.20 Å². The molecule has 0 spiro atoms. The number of likely N-dealkylation sites (tertiary alicyclic amines) is 1. The van der Waals surface area contributed by atoms with Gasteiger partial charge in [-0.2, -0.15) is 5.10 Å². The van der Waals surface area contributed by atoms with Crippen LogP contribution in [0.5, 0.6) is 0 Å². The van der Waals surface area contributed by atoms with E-state index in [2.05, 4.69) is 15.5 Å². The normalized spacial score (nSPS) is 17.7. The summed E-state index contributed by atoms with van der Waals surface area (Å²) in [6.45, 7) is 4.39. The first-order valence-electron chi connectivity index (χ1n) is 5.78. The average Bonchev–Trinajstić information content (AvgIpc) is 2.96. The SMILES string of the molecule is CC(NCc1ccn[nH]1)C(=O)N1CCCC1. The van der Waals surface area contributed by atoms with Crippen molar-refractivity contribution in [1.82, 2.24) is 20.4 Å². The summed E-state index contributed by atoms with van der Waals surface area (Å²) in [5.41, 5.74) is 1.00. The molecule has 2 N–H and O–H groups in total. The number of nitrogens with one attached hydrogen (secondary N) is 2. The van der Waals surface area contributed by atoms with Crippen molar-refractivity contribution in [1.29, 1.82) is 0 Å². The summed E-state index contributed by atoms with van der Waals surface area (Å²) < 4.78 is 0. The monoisotopic (exact) mass is 222 g/mol. The molecule has 5 heteroatoms. The third-order valence-corrected chi connectivity index (χ3v) is 2.95. The van der Waals surface area contributed by atoms with Crippen LogP contribution in [0.4, 0.5) is 0 Å². The lowest BCUT2D eigenvalue weighted by atomic mass is 10.3. The van der Waals surface area contributed by atoms with Gasteiger partial charge in [-0.3, -0.25) is 9.89 Å². The van der Waals surface area contributed by atoms with E-state index < -0.39 is 0 Å². The molecule has 1 unspecified atom stereocenters. The predicted octanol–water partition coefficient (Wildman–Crippen LogP) is 0.510. The Morgan fingerprint density at radius 1 is 1.62 bits per heavy atom. The number of H-pyrrole nitrogens is 1. The first-order valence-corrected chi connectivity index (χ1v) is 5.78. The van der Waals surface area contributed by atoms with Gasteiger partial charge in [0, 0.05) is 31.5 Å². The van der Waals surface area contributed by atoms with E-state index >= 15 is 0 Å². The summed E-state index contributed by atoms with van der Waals surface area (Å²) in [4.78, 5) is 13.9. The topological polar surface area (TPSA) is 61.0 Å². The first-order chi connectivity index (χ1) is 7.77. The van der Waals surface area contributed by atoms with Crippen molar-refractivity contribution < 1.29 is 4.79 Å². The molecule has 0 aromatic carbocycles. The molecule has 0 saturated carbocycles. The molecule has 0 radical (unpaired) electrons. The zero-order valence-electron chi connectivity index (χ0n) is 9.57. The van der Waals surface area contributed by atoms with Crippen molar-refractivity contribution in [3.8, 4) is 0 Å². The van der Waals surface area contributed by atoms with E-state index in [0.29, 0.717) is 6.54 Å². The first kappa shape index (κ1) is 11.1. The zero-order chi connectivity index (χ0) is 11.4. The van der Waals surface area contributed by atoms with Crippen LogP contribution < -0.4 is 5.32 Å². The molecule has 0 aliphatic carbocycles. The summed E-state index contributed by atoms with van der Waals surface area (Å²) in [7, 11) is 0. The van der Waals surface area contributed by atoms with Gasteiger partial charge in [0.2, 0.25) is 5.91 Å². The van der Waals surface area contributed by atoms with E-state index in [0.717, 1.165) is 31.6 Å². The Balaban J connectivity index is 1.78. The molecular formula is C11H18N4O. The van der Waals surface area contributed by atoms with Gasteiger partial charge in [0.25, 0.3) is 0 Å². The second kappa shape index (κ2) is 5.12. The van der Waals surface area contributed by atoms with Crippen LogP contribution in [-0.4, -0.2) is 40.1 Å². The molecule has 16 heavy (non-hydrogen) atoms. The minimum atomic E-state index is -0.124. The Hall–Kier alpha value is -1.36. The Labute approximate surface area is 95.2 Å². The molecule has 5 nitrogen and oxygen atoms in total. The van der Waals surface area contributed by atoms with Crippen LogP contribution in [0.15, 0.2) is 12.3 Å².